The number of benzene rings is 2. The van der Waals surface area contributed by atoms with E-state index in [9.17, 15) is 0 Å². The molecule has 0 saturated heterocycles. The van der Waals surface area contributed by atoms with Gasteiger partial charge in [-0.2, -0.15) is 5.26 Å². The first-order chi connectivity index (χ1) is 9.28. The van der Waals surface area contributed by atoms with Gasteiger partial charge in [-0.15, -0.1) is 0 Å². The Hall–Kier alpha value is -2.31. The molecule has 0 aromatic heterocycles. The molecule has 0 bridgehead atoms. The van der Waals surface area contributed by atoms with Crippen LogP contribution in [-0.2, 0) is 6.42 Å². The standard InChI is InChI=1S/C16H16N2O/c17-11-14-7-4-8-16(10-14)19-12-15(18)9-13-5-2-1-3-6-13/h1-8,10,15H,9,12,18H2. The Morgan fingerprint density at radius 1 is 1.11 bits per heavy atom. The fourth-order valence-corrected chi connectivity index (χ4v) is 1.83. The van der Waals surface area contributed by atoms with Gasteiger partial charge >= 0.3 is 0 Å². The maximum Gasteiger partial charge on any atom is 0.120 e. The molecule has 0 spiro atoms. The average Bonchev–Trinajstić information content (AvgIpc) is 2.46. The molecule has 2 N–H and O–H groups in total. The Labute approximate surface area is 113 Å². The third-order valence-corrected chi connectivity index (χ3v) is 2.77. The van der Waals surface area contributed by atoms with Crippen LogP contribution < -0.4 is 10.5 Å². The minimum atomic E-state index is -0.0619. The Morgan fingerprint density at radius 3 is 2.63 bits per heavy atom. The highest BCUT2D eigenvalue weighted by Crippen LogP contribution is 2.13. The van der Waals surface area contributed by atoms with E-state index in [2.05, 4.69) is 18.2 Å². The lowest BCUT2D eigenvalue weighted by Gasteiger charge is -2.13. The van der Waals surface area contributed by atoms with Crippen LogP contribution in [0, 0.1) is 11.3 Å². The van der Waals surface area contributed by atoms with Gasteiger partial charge in [0.1, 0.15) is 12.4 Å². The minimum absolute atomic E-state index is 0.0619. The summed E-state index contributed by atoms with van der Waals surface area (Å²) in [5, 5.41) is 8.80. The van der Waals surface area contributed by atoms with Gasteiger partial charge in [0.15, 0.2) is 0 Å². The van der Waals surface area contributed by atoms with Crippen LogP contribution in [0.2, 0.25) is 0 Å². The van der Waals surface area contributed by atoms with E-state index in [0.717, 1.165) is 6.42 Å². The Balaban J connectivity index is 1.86. The number of ether oxygens (including phenoxy) is 1. The highest BCUT2D eigenvalue weighted by Gasteiger charge is 2.05. The zero-order chi connectivity index (χ0) is 13.5. The molecule has 0 aliphatic heterocycles. The zero-order valence-corrected chi connectivity index (χ0v) is 10.6. The maximum absolute atomic E-state index is 8.80. The third kappa shape index (κ3) is 4.13. The predicted molar refractivity (Wildman–Crippen MR) is 74.8 cm³/mol. The second kappa shape index (κ2) is 6.58. The van der Waals surface area contributed by atoms with Gasteiger partial charge in [-0.25, -0.2) is 0 Å². The number of nitrogens with two attached hydrogens (primary N) is 1. The van der Waals surface area contributed by atoms with Crippen molar-refractivity contribution in [3.05, 3.63) is 65.7 Å². The smallest absolute Gasteiger partial charge is 0.120 e. The van der Waals surface area contributed by atoms with Crippen molar-refractivity contribution in [2.45, 2.75) is 12.5 Å². The molecular weight excluding hydrogens is 236 g/mol. The molecule has 0 aliphatic rings. The van der Waals surface area contributed by atoms with E-state index in [4.69, 9.17) is 15.7 Å². The zero-order valence-electron chi connectivity index (χ0n) is 10.6. The van der Waals surface area contributed by atoms with Crippen molar-refractivity contribution in [2.24, 2.45) is 5.73 Å². The molecule has 0 saturated carbocycles. The normalized spacial score (nSPS) is 11.6. The minimum Gasteiger partial charge on any atom is -0.492 e. The van der Waals surface area contributed by atoms with Crippen LogP contribution in [0.5, 0.6) is 5.75 Å². The predicted octanol–water partition coefficient (Wildman–Crippen LogP) is 2.51. The van der Waals surface area contributed by atoms with Crippen molar-refractivity contribution >= 4 is 0 Å². The molecule has 3 heteroatoms. The molecule has 2 rings (SSSR count). The van der Waals surface area contributed by atoms with Crippen LogP contribution in [0.25, 0.3) is 0 Å². The molecule has 19 heavy (non-hydrogen) atoms. The van der Waals surface area contributed by atoms with E-state index in [-0.39, 0.29) is 6.04 Å². The van der Waals surface area contributed by atoms with Gasteiger partial charge in [-0.1, -0.05) is 36.4 Å². The van der Waals surface area contributed by atoms with Crippen molar-refractivity contribution in [3.63, 3.8) is 0 Å². The van der Waals surface area contributed by atoms with Crippen LogP contribution in [0.15, 0.2) is 54.6 Å². The van der Waals surface area contributed by atoms with Gasteiger partial charge in [0.25, 0.3) is 0 Å². The summed E-state index contributed by atoms with van der Waals surface area (Å²) in [6.07, 6.45) is 0.777. The Kier molecular flexibility index (Phi) is 4.54. The molecule has 2 aromatic carbocycles. The van der Waals surface area contributed by atoms with Crippen LogP contribution in [0.4, 0.5) is 0 Å². The number of nitriles is 1. The summed E-state index contributed by atoms with van der Waals surface area (Å²) < 4.78 is 5.61. The molecule has 96 valence electrons. The molecule has 0 heterocycles. The summed E-state index contributed by atoms with van der Waals surface area (Å²) in [5.41, 5.74) is 7.82. The quantitative estimate of drug-likeness (QED) is 0.889. The molecule has 1 atom stereocenters. The van der Waals surface area contributed by atoms with Crippen LogP contribution in [0.3, 0.4) is 0 Å². The highest BCUT2D eigenvalue weighted by atomic mass is 16.5. The topological polar surface area (TPSA) is 59.0 Å². The molecule has 0 radical (unpaired) electrons. The summed E-state index contributed by atoms with van der Waals surface area (Å²) >= 11 is 0. The highest BCUT2D eigenvalue weighted by molar-refractivity contribution is 5.36. The van der Waals surface area contributed by atoms with E-state index in [1.54, 1.807) is 18.2 Å². The number of rotatable bonds is 5. The number of hydrogen-bond acceptors (Lipinski definition) is 3. The van der Waals surface area contributed by atoms with Crippen LogP contribution in [-0.4, -0.2) is 12.6 Å². The monoisotopic (exact) mass is 252 g/mol. The van der Waals surface area contributed by atoms with E-state index < -0.39 is 0 Å². The second-order valence-electron chi connectivity index (χ2n) is 4.40. The maximum atomic E-state index is 8.80. The molecule has 0 fully saturated rings. The molecular formula is C16H16N2O. The fraction of sp³-hybridized carbons (Fsp3) is 0.188. The lowest BCUT2D eigenvalue weighted by Crippen LogP contribution is -2.30. The van der Waals surface area contributed by atoms with E-state index in [1.165, 1.54) is 5.56 Å². The summed E-state index contributed by atoms with van der Waals surface area (Å²) in [5.74, 6) is 0.683. The molecule has 2 aromatic rings. The van der Waals surface area contributed by atoms with Crippen molar-refractivity contribution in [1.82, 2.24) is 0 Å². The van der Waals surface area contributed by atoms with E-state index in [0.29, 0.717) is 17.9 Å². The third-order valence-electron chi connectivity index (χ3n) is 2.77. The van der Waals surface area contributed by atoms with Gasteiger partial charge in [0, 0.05) is 6.04 Å². The van der Waals surface area contributed by atoms with Crippen LogP contribution >= 0.6 is 0 Å². The first-order valence-corrected chi connectivity index (χ1v) is 6.20. The first kappa shape index (κ1) is 13.1. The average molecular weight is 252 g/mol. The van der Waals surface area contributed by atoms with E-state index in [1.807, 2.05) is 24.3 Å². The summed E-state index contributed by atoms with van der Waals surface area (Å²) in [7, 11) is 0. The molecule has 0 aliphatic carbocycles. The largest absolute Gasteiger partial charge is 0.492 e. The van der Waals surface area contributed by atoms with Crippen molar-refractivity contribution in [3.8, 4) is 11.8 Å². The summed E-state index contributed by atoms with van der Waals surface area (Å²) in [6.45, 7) is 0.434. The fourth-order valence-electron chi connectivity index (χ4n) is 1.83. The van der Waals surface area contributed by atoms with Gasteiger partial charge in [-0.05, 0) is 30.2 Å². The van der Waals surface area contributed by atoms with Crippen molar-refractivity contribution in [1.29, 1.82) is 5.26 Å². The van der Waals surface area contributed by atoms with Crippen molar-refractivity contribution in [2.75, 3.05) is 6.61 Å². The molecule has 3 nitrogen and oxygen atoms in total. The summed E-state index contributed by atoms with van der Waals surface area (Å²) in [6, 6.07) is 19.2. The van der Waals surface area contributed by atoms with E-state index >= 15 is 0 Å². The molecule has 1 unspecified atom stereocenters. The van der Waals surface area contributed by atoms with Gasteiger partial charge < -0.3 is 10.5 Å². The summed E-state index contributed by atoms with van der Waals surface area (Å²) in [4.78, 5) is 0. The first-order valence-electron chi connectivity index (χ1n) is 6.20. The van der Waals surface area contributed by atoms with Gasteiger partial charge in [0.05, 0.1) is 11.6 Å². The number of hydrogen-bond donors (Lipinski definition) is 1. The van der Waals surface area contributed by atoms with Gasteiger partial charge in [0.2, 0.25) is 0 Å². The molecule has 0 amide bonds. The SMILES string of the molecule is N#Cc1cccc(OCC(N)Cc2ccccc2)c1. The lowest BCUT2D eigenvalue weighted by molar-refractivity contribution is 0.287. The van der Waals surface area contributed by atoms with Crippen LogP contribution in [0.1, 0.15) is 11.1 Å². The number of nitrogens with zero attached hydrogens (tertiary/aromatic N) is 1. The van der Waals surface area contributed by atoms with Crippen molar-refractivity contribution < 1.29 is 4.74 Å². The Morgan fingerprint density at radius 2 is 1.89 bits per heavy atom. The Bertz CT molecular complexity index is 560. The lowest BCUT2D eigenvalue weighted by atomic mass is 10.1. The van der Waals surface area contributed by atoms with Gasteiger partial charge in [-0.3, -0.25) is 0 Å². The second-order valence-corrected chi connectivity index (χ2v) is 4.40.